The van der Waals surface area contributed by atoms with Crippen molar-refractivity contribution in [3.63, 3.8) is 0 Å². The maximum atomic E-state index is 3.21. The van der Waals surface area contributed by atoms with Crippen molar-refractivity contribution in [3.8, 4) is 22.3 Å². The molecule has 0 radical (unpaired) electrons. The Morgan fingerprint density at radius 2 is 0.800 bits per heavy atom. The van der Waals surface area contributed by atoms with E-state index in [1.807, 2.05) is 26.2 Å². The number of benzene rings is 4. The second-order valence-electron chi connectivity index (χ2n) is 7.19. The normalized spacial score (nSPS) is 10.0. The third kappa shape index (κ3) is 4.90. The van der Waals surface area contributed by atoms with E-state index >= 15 is 0 Å². The lowest BCUT2D eigenvalue weighted by molar-refractivity contribution is 1.40. The molecular weight excluding hydrogens is 364 g/mol. The molecule has 0 unspecified atom stereocenters. The van der Waals surface area contributed by atoms with Crippen LogP contribution >= 0.6 is 0 Å². The third-order valence-electron chi connectivity index (χ3n) is 5.38. The van der Waals surface area contributed by atoms with Crippen LogP contribution in [0.5, 0.6) is 0 Å². The summed E-state index contributed by atoms with van der Waals surface area (Å²) in [7, 11) is 3.91. The van der Waals surface area contributed by atoms with E-state index < -0.39 is 0 Å². The van der Waals surface area contributed by atoms with Crippen molar-refractivity contribution in [2.75, 3.05) is 24.7 Å². The zero-order chi connectivity index (χ0) is 21.3. The molecule has 4 rings (SSSR count). The summed E-state index contributed by atoms with van der Waals surface area (Å²) >= 11 is 0. The lowest BCUT2D eigenvalue weighted by Crippen LogP contribution is -1.93. The van der Waals surface area contributed by atoms with E-state index in [2.05, 4.69) is 109 Å². The summed E-state index contributed by atoms with van der Waals surface area (Å²) in [6.07, 6.45) is 0. The molecule has 0 saturated carbocycles. The molecule has 0 fully saturated rings. The molecule has 0 aliphatic heterocycles. The first kappa shape index (κ1) is 21.2. The van der Waals surface area contributed by atoms with Gasteiger partial charge >= 0.3 is 0 Å². The minimum atomic E-state index is 1.19. The number of hydrogen-bond donors (Lipinski definition) is 2. The van der Waals surface area contributed by atoms with Gasteiger partial charge in [-0.05, 0) is 59.4 Å². The lowest BCUT2D eigenvalue weighted by Gasteiger charge is -2.10. The van der Waals surface area contributed by atoms with Crippen LogP contribution in [0.3, 0.4) is 0 Å². The van der Waals surface area contributed by atoms with Gasteiger partial charge in [0.25, 0.3) is 0 Å². The predicted octanol–water partition coefficient (Wildman–Crippen LogP) is 7.41. The number of anilines is 2. The van der Waals surface area contributed by atoms with Crippen LogP contribution < -0.4 is 10.6 Å². The summed E-state index contributed by atoms with van der Waals surface area (Å²) in [5.74, 6) is 0. The first-order valence-electron chi connectivity index (χ1n) is 10.3. The van der Waals surface area contributed by atoms with Crippen LogP contribution in [0.4, 0.5) is 11.4 Å². The fourth-order valence-corrected chi connectivity index (χ4v) is 3.67. The third-order valence-corrected chi connectivity index (χ3v) is 5.38. The molecule has 2 heteroatoms. The fraction of sp³-hybridized carbons (Fsp3) is 0.143. The van der Waals surface area contributed by atoms with Gasteiger partial charge in [-0.3, -0.25) is 0 Å². The smallest absolute Gasteiger partial charge is 0.0373 e. The molecule has 0 saturated heterocycles. The average Bonchev–Trinajstić information content (AvgIpc) is 2.81. The van der Waals surface area contributed by atoms with E-state index in [4.69, 9.17) is 0 Å². The van der Waals surface area contributed by atoms with Crippen molar-refractivity contribution in [1.29, 1.82) is 0 Å². The van der Waals surface area contributed by atoms with Gasteiger partial charge in [-0.15, -0.1) is 0 Å². The van der Waals surface area contributed by atoms with Gasteiger partial charge in [0.05, 0.1) is 0 Å². The van der Waals surface area contributed by atoms with Gasteiger partial charge in [0.15, 0.2) is 0 Å². The maximum absolute atomic E-state index is 3.21. The molecule has 0 atom stereocenters. The Morgan fingerprint density at radius 3 is 1.13 bits per heavy atom. The van der Waals surface area contributed by atoms with Crippen LogP contribution in [0.25, 0.3) is 22.3 Å². The molecule has 0 aromatic heterocycles. The van der Waals surface area contributed by atoms with Gasteiger partial charge in [-0.1, -0.05) is 84.9 Å². The topological polar surface area (TPSA) is 24.1 Å². The average molecular weight is 395 g/mol. The standard InChI is InChI=1S/2C14H15N/c2*1-11-13(9-6-10-14(11)15-2)12-7-4-3-5-8-12/h2*3-10,15H,1-2H3. The van der Waals surface area contributed by atoms with E-state index in [1.54, 1.807) is 0 Å². The molecule has 0 amide bonds. The summed E-state index contributed by atoms with van der Waals surface area (Å²) in [6, 6.07) is 33.6. The summed E-state index contributed by atoms with van der Waals surface area (Å²) in [6.45, 7) is 4.29. The van der Waals surface area contributed by atoms with E-state index in [9.17, 15) is 0 Å². The van der Waals surface area contributed by atoms with Crippen LogP contribution in [-0.2, 0) is 0 Å². The van der Waals surface area contributed by atoms with E-state index in [0.29, 0.717) is 0 Å². The number of nitrogens with one attached hydrogen (secondary N) is 2. The molecule has 0 aliphatic rings. The molecule has 2 nitrogen and oxygen atoms in total. The van der Waals surface area contributed by atoms with Crippen LogP contribution in [-0.4, -0.2) is 14.1 Å². The van der Waals surface area contributed by atoms with Crippen molar-refractivity contribution in [2.45, 2.75) is 13.8 Å². The molecule has 0 bridgehead atoms. The Morgan fingerprint density at radius 1 is 0.433 bits per heavy atom. The molecule has 0 heterocycles. The minimum absolute atomic E-state index is 1.19. The molecule has 4 aromatic rings. The first-order valence-corrected chi connectivity index (χ1v) is 10.3. The van der Waals surface area contributed by atoms with Crippen LogP contribution in [0, 0.1) is 13.8 Å². The molecule has 0 aliphatic carbocycles. The van der Waals surface area contributed by atoms with Gasteiger partial charge in [-0.2, -0.15) is 0 Å². The zero-order valence-electron chi connectivity index (χ0n) is 18.2. The molecule has 152 valence electrons. The highest BCUT2D eigenvalue weighted by atomic mass is 14.8. The summed E-state index contributed by atoms with van der Waals surface area (Å²) in [5, 5.41) is 6.41. The summed E-state index contributed by atoms with van der Waals surface area (Å²) < 4.78 is 0. The quantitative estimate of drug-likeness (QED) is 0.376. The molecule has 0 spiro atoms. The van der Waals surface area contributed by atoms with Crippen LogP contribution in [0.2, 0.25) is 0 Å². The van der Waals surface area contributed by atoms with Crippen molar-refractivity contribution >= 4 is 11.4 Å². The lowest BCUT2D eigenvalue weighted by atomic mass is 9.99. The Labute approximate surface area is 180 Å². The van der Waals surface area contributed by atoms with Crippen molar-refractivity contribution in [2.24, 2.45) is 0 Å². The van der Waals surface area contributed by atoms with E-state index in [-0.39, 0.29) is 0 Å². The second-order valence-corrected chi connectivity index (χ2v) is 7.19. The molecule has 2 N–H and O–H groups in total. The monoisotopic (exact) mass is 394 g/mol. The Kier molecular flexibility index (Phi) is 7.29. The highest BCUT2D eigenvalue weighted by Gasteiger charge is 2.04. The Bertz CT molecular complexity index is 981. The Balaban J connectivity index is 0.000000171. The Hall–Kier alpha value is -3.52. The van der Waals surface area contributed by atoms with Gasteiger partial charge in [-0.25, -0.2) is 0 Å². The fourth-order valence-electron chi connectivity index (χ4n) is 3.67. The number of rotatable bonds is 4. The van der Waals surface area contributed by atoms with Crippen molar-refractivity contribution < 1.29 is 0 Å². The zero-order valence-corrected chi connectivity index (χ0v) is 18.2. The highest BCUT2D eigenvalue weighted by Crippen LogP contribution is 2.28. The van der Waals surface area contributed by atoms with Crippen LogP contribution in [0.15, 0.2) is 97.1 Å². The predicted molar refractivity (Wildman–Crippen MR) is 132 cm³/mol. The van der Waals surface area contributed by atoms with Crippen molar-refractivity contribution in [1.82, 2.24) is 0 Å². The second kappa shape index (κ2) is 10.3. The SMILES string of the molecule is CNc1cccc(-c2ccccc2)c1C.CNc1cccc(-c2ccccc2)c1C. The maximum Gasteiger partial charge on any atom is 0.0373 e. The van der Waals surface area contributed by atoms with Crippen LogP contribution in [0.1, 0.15) is 11.1 Å². The number of hydrogen-bond acceptors (Lipinski definition) is 2. The van der Waals surface area contributed by atoms with E-state index in [1.165, 1.54) is 44.8 Å². The molecule has 30 heavy (non-hydrogen) atoms. The van der Waals surface area contributed by atoms with Gasteiger partial charge in [0.2, 0.25) is 0 Å². The van der Waals surface area contributed by atoms with E-state index in [0.717, 1.165) is 0 Å². The first-order chi connectivity index (χ1) is 14.7. The molecular formula is C28H30N2. The summed E-state index contributed by atoms with van der Waals surface area (Å²) in [5.41, 5.74) is 10.1. The minimum Gasteiger partial charge on any atom is -0.388 e. The highest BCUT2D eigenvalue weighted by molar-refractivity contribution is 5.74. The largest absolute Gasteiger partial charge is 0.388 e. The molecule has 4 aromatic carbocycles. The summed E-state index contributed by atoms with van der Waals surface area (Å²) in [4.78, 5) is 0. The van der Waals surface area contributed by atoms with Gasteiger partial charge < -0.3 is 10.6 Å². The van der Waals surface area contributed by atoms with Crippen molar-refractivity contribution in [3.05, 3.63) is 108 Å². The van der Waals surface area contributed by atoms with Gasteiger partial charge in [0, 0.05) is 25.5 Å². The van der Waals surface area contributed by atoms with Gasteiger partial charge in [0.1, 0.15) is 0 Å².